The van der Waals surface area contributed by atoms with E-state index in [1.807, 2.05) is 0 Å². The number of carboxylic acids is 1. The van der Waals surface area contributed by atoms with Crippen LogP contribution in [-0.4, -0.2) is 75.7 Å². The van der Waals surface area contributed by atoms with Gasteiger partial charge in [0.1, 0.15) is 29.9 Å². The van der Waals surface area contributed by atoms with Gasteiger partial charge in [0.25, 0.3) is 0 Å². The van der Waals surface area contributed by atoms with Crippen molar-refractivity contribution in [3.05, 3.63) is 29.8 Å². The van der Waals surface area contributed by atoms with Crippen LogP contribution in [0.5, 0.6) is 5.75 Å². The van der Waals surface area contributed by atoms with E-state index in [4.69, 9.17) is 16.6 Å². The number of aliphatic hydroxyl groups excluding tert-OH is 1. The average Bonchev–Trinajstić information content (AvgIpc) is 2.79. The number of phenolic OH excluding ortho intramolecular Hbond substituents is 1. The second-order valence-electron chi connectivity index (χ2n) is 8.36. The van der Waals surface area contributed by atoms with Crippen LogP contribution in [0.4, 0.5) is 0 Å². The molecule has 0 aromatic heterocycles. The Bertz CT molecular complexity index is 906. The first-order valence-electron chi connectivity index (χ1n) is 10.9. The fourth-order valence-electron chi connectivity index (χ4n) is 3.04. The van der Waals surface area contributed by atoms with Gasteiger partial charge in [-0.15, -0.1) is 0 Å². The van der Waals surface area contributed by atoms with Crippen molar-refractivity contribution in [2.45, 2.75) is 57.3 Å². The summed E-state index contributed by atoms with van der Waals surface area (Å²) in [6.45, 7) is 2.57. The summed E-state index contributed by atoms with van der Waals surface area (Å²) >= 11 is 0. The van der Waals surface area contributed by atoms with Gasteiger partial charge in [0, 0.05) is 12.8 Å². The number of benzene rings is 1. The van der Waals surface area contributed by atoms with E-state index in [0.717, 1.165) is 0 Å². The fraction of sp³-hybridized carbons (Fsp3) is 0.500. The molecule has 1 aromatic rings. The van der Waals surface area contributed by atoms with Gasteiger partial charge in [-0.3, -0.25) is 19.2 Å². The van der Waals surface area contributed by atoms with E-state index >= 15 is 0 Å². The summed E-state index contributed by atoms with van der Waals surface area (Å²) in [6, 6.07) is 0.715. The number of carbonyl (C=O) groups is 5. The summed E-state index contributed by atoms with van der Waals surface area (Å²) in [7, 11) is 0. The highest BCUT2D eigenvalue weighted by atomic mass is 16.4. The molecule has 13 heteroatoms. The van der Waals surface area contributed by atoms with Crippen LogP contribution in [0, 0.1) is 5.92 Å². The second-order valence-corrected chi connectivity index (χ2v) is 8.36. The van der Waals surface area contributed by atoms with Crippen LogP contribution in [-0.2, 0) is 30.4 Å². The van der Waals surface area contributed by atoms with Gasteiger partial charge in [-0.05, 0) is 30.0 Å². The summed E-state index contributed by atoms with van der Waals surface area (Å²) < 4.78 is 0. The SMILES string of the molecule is CC(C)[C@H](NC(=O)[C@H](CCC(N)=O)NC(=O)[C@@H](N)CO)C(=O)N[C@@H](Cc1ccc(O)cc1)C(=O)O. The van der Waals surface area contributed by atoms with Gasteiger partial charge in [0.05, 0.1) is 6.61 Å². The molecule has 35 heavy (non-hydrogen) atoms. The minimum atomic E-state index is -1.32. The van der Waals surface area contributed by atoms with Crippen molar-refractivity contribution in [3.63, 3.8) is 0 Å². The van der Waals surface area contributed by atoms with E-state index in [-0.39, 0.29) is 25.0 Å². The van der Waals surface area contributed by atoms with Crippen LogP contribution in [0.25, 0.3) is 0 Å². The number of primary amides is 1. The number of aliphatic hydroxyl groups is 1. The number of carboxylic acid groups (broad SMARTS) is 1. The number of rotatable bonds is 14. The number of aromatic hydroxyl groups is 1. The van der Waals surface area contributed by atoms with E-state index in [2.05, 4.69) is 16.0 Å². The Labute approximate surface area is 202 Å². The average molecular weight is 496 g/mol. The highest BCUT2D eigenvalue weighted by molar-refractivity contribution is 5.94. The zero-order chi connectivity index (χ0) is 26.7. The molecule has 13 nitrogen and oxygen atoms in total. The third-order valence-corrected chi connectivity index (χ3v) is 5.08. The van der Waals surface area contributed by atoms with Gasteiger partial charge in [-0.2, -0.15) is 0 Å². The fourth-order valence-corrected chi connectivity index (χ4v) is 3.04. The molecular weight excluding hydrogens is 462 g/mol. The number of hydrogen-bond donors (Lipinski definition) is 8. The minimum absolute atomic E-state index is 0.00479. The van der Waals surface area contributed by atoms with Crippen LogP contribution >= 0.6 is 0 Å². The molecule has 4 atom stereocenters. The number of amides is 4. The number of nitrogens with one attached hydrogen (secondary N) is 3. The van der Waals surface area contributed by atoms with E-state index in [9.17, 15) is 34.2 Å². The van der Waals surface area contributed by atoms with E-state index in [1.165, 1.54) is 24.3 Å². The topological polar surface area (TPSA) is 234 Å². The molecule has 0 radical (unpaired) electrons. The number of hydrogen-bond acceptors (Lipinski definition) is 8. The van der Waals surface area contributed by atoms with Crippen LogP contribution in [0.3, 0.4) is 0 Å². The summed E-state index contributed by atoms with van der Waals surface area (Å²) in [4.78, 5) is 60.7. The highest BCUT2D eigenvalue weighted by Gasteiger charge is 2.32. The lowest BCUT2D eigenvalue weighted by molar-refractivity contribution is -0.142. The Hall–Kier alpha value is -3.71. The van der Waals surface area contributed by atoms with Gasteiger partial charge in [0.15, 0.2) is 0 Å². The van der Waals surface area contributed by atoms with E-state index < -0.39 is 66.3 Å². The molecule has 0 aliphatic rings. The molecule has 10 N–H and O–H groups in total. The molecule has 0 aliphatic heterocycles. The molecule has 0 bridgehead atoms. The van der Waals surface area contributed by atoms with E-state index in [0.29, 0.717) is 5.56 Å². The largest absolute Gasteiger partial charge is 0.508 e. The smallest absolute Gasteiger partial charge is 0.326 e. The van der Waals surface area contributed by atoms with Crippen LogP contribution < -0.4 is 27.4 Å². The standard InChI is InChI=1S/C22H33N5O8/c1-11(2)18(21(33)26-16(22(34)35)9-12-3-5-13(29)6-4-12)27-20(32)15(7-8-17(24)30)25-19(31)14(23)10-28/h3-6,11,14-16,18,28-29H,7-10,23H2,1-2H3,(H2,24,30)(H,25,31)(H,26,33)(H,27,32)(H,34,35)/t14-,15-,16-,18-/m0/s1. The molecule has 0 unspecified atom stereocenters. The van der Waals surface area contributed by atoms with Crippen molar-refractivity contribution >= 4 is 29.6 Å². The molecule has 0 fully saturated rings. The first-order valence-corrected chi connectivity index (χ1v) is 10.9. The van der Waals surface area contributed by atoms with Crippen LogP contribution in [0.2, 0.25) is 0 Å². The van der Waals surface area contributed by atoms with Gasteiger partial charge in [-0.25, -0.2) is 4.79 Å². The van der Waals surface area contributed by atoms with E-state index in [1.54, 1.807) is 13.8 Å². The van der Waals surface area contributed by atoms with Gasteiger partial charge in [-0.1, -0.05) is 26.0 Å². The van der Waals surface area contributed by atoms with Gasteiger partial charge >= 0.3 is 5.97 Å². The van der Waals surface area contributed by atoms with Crippen molar-refractivity contribution in [2.75, 3.05) is 6.61 Å². The summed E-state index contributed by atoms with van der Waals surface area (Å²) in [6.07, 6.45) is -0.508. The Balaban J connectivity index is 2.98. The van der Waals surface area contributed by atoms with Crippen LogP contribution in [0.15, 0.2) is 24.3 Å². The molecule has 1 aromatic carbocycles. The first-order chi connectivity index (χ1) is 16.3. The molecule has 194 valence electrons. The maximum absolute atomic E-state index is 12.9. The molecule has 0 spiro atoms. The summed E-state index contributed by atoms with van der Waals surface area (Å²) in [5.41, 5.74) is 11.1. The van der Waals surface area contributed by atoms with Gasteiger partial charge in [0.2, 0.25) is 23.6 Å². The van der Waals surface area contributed by atoms with Crippen molar-refractivity contribution in [2.24, 2.45) is 17.4 Å². The maximum Gasteiger partial charge on any atom is 0.326 e. The molecule has 0 saturated heterocycles. The third kappa shape index (κ3) is 9.98. The summed E-state index contributed by atoms with van der Waals surface area (Å²) in [5, 5.41) is 35.1. The van der Waals surface area contributed by atoms with Gasteiger partial charge < -0.3 is 42.7 Å². The summed E-state index contributed by atoms with van der Waals surface area (Å²) in [5.74, 6) is -4.93. The Morgan fingerprint density at radius 1 is 0.914 bits per heavy atom. The molecule has 4 amide bonds. The Kier molecular flexibility index (Phi) is 11.6. The highest BCUT2D eigenvalue weighted by Crippen LogP contribution is 2.12. The zero-order valence-electron chi connectivity index (χ0n) is 19.6. The molecule has 1 rings (SSSR count). The van der Waals surface area contributed by atoms with Crippen molar-refractivity contribution in [3.8, 4) is 5.75 Å². The maximum atomic E-state index is 12.9. The normalized spacial score (nSPS) is 14.3. The van der Waals surface area contributed by atoms with Crippen LogP contribution in [0.1, 0.15) is 32.3 Å². The van der Waals surface area contributed by atoms with Crippen molar-refractivity contribution in [1.82, 2.24) is 16.0 Å². The second kappa shape index (κ2) is 13.9. The van der Waals surface area contributed by atoms with Crippen molar-refractivity contribution < 1.29 is 39.3 Å². The third-order valence-electron chi connectivity index (χ3n) is 5.08. The predicted molar refractivity (Wildman–Crippen MR) is 124 cm³/mol. The lowest BCUT2D eigenvalue weighted by Crippen LogP contribution is -2.59. The number of aliphatic carboxylic acids is 1. The molecule has 0 heterocycles. The molecular formula is C22H33N5O8. The van der Waals surface area contributed by atoms with Crippen molar-refractivity contribution in [1.29, 1.82) is 0 Å². The Morgan fingerprint density at radius 2 is 1.49 bits per heavy atom. The zero-order valence-corrected chi connectivity index (χ0v) is 19.6. The predicted octanol–water partition coefficient (Wildman–Crippen LogP) is -2.29. The number of phenols is 1. The number of carbonyl (C=O) groups excluding carboxylic acids is 4. The molecule has 0 aliphatic carbocycles. The lowest BCUT2D eigenvalue weighted by atomic mass is 10.00. The monoisotopic (exact) mass is 495 g/mol. The lowest BCUT2D eigenvalue weighted by Gasteiger charge is -2.27. The first kappa shape index (κ1) is 29.3. The quantitative estimate of drug-likeness (QED) is 0.138. The minimum Gasteiger partial charge on any atom is -0.508 e. The molecule has 0 saturated carbocycles. The number of nitrogens with two attached hydrogens (primary N) is 2. The Morgan fingerprint density at radius 3 is 1.97 bits per heavy atom.